The van der Waals surface area contributed by atoms with Crippen LogP contribution in [0.1, 0.15) is 38.5 Å². The van der Waals surface area contributed by atoms with Gasteiger partial charge in [0.25, 0.3) is 0 Å². The number of nitrogens with one attached hydrogen (secondary N) is 1. The smallest absolute Gasteiger partial charge is 0.148 e. The van der Waals surface area contributed by atoms with Gasteiger partial charge in [0, 0.05) is 17.1 Å². The Morgan fingerprint density at radius 1 is 1.35 bits per heavy atom. The summed E-state index contributed by atoms with van der Waals surface area (Å²) in [5, 5.41) is 26.2. The fourth-order valence-corrected chi connectivity index (χ4v) is 2.92. The molecule has 4 nitrogen and oxygen atoms in total. The van der Waals surface area contributed by atoms with Crippen molar-refractivity contribution in [1.29, 1.82) is 0 Å². The van der Waals surface area contributed by atoms with Gasteiger partial charge in [-0.1, -0.05) is 42.1 Å². The van der Waals surface area contributed by atoms with Crippen molar-refractivity contribution in [2.24, 2.45) is 11.1 Å². The average molecular weight is 297 g/mol. The minimum absolute atomic E-state index is 0.307. The first-order valence-electron chi connectivity index (χ1n) is 7.10. The van der Waals surface area contributed by atoms with E-state index >= 15 is 0 Å². The van der Waals surface area contributed by atoms with Crippen LogP contribution in [-0.2, 0) is 0 Å². The third-order valence-corrected chi connectivity index (χ3v) is 4.07. The van der Waals surface area contributed by atoms with Crippen LogP contribution < -0.4 is 5.32 Å². The third-order valence-electron chi connectivity index (χ3n) is 3.83. The molecular formula is C15H21ClN2O2. The molecule has 1 fully saturated rings. The van der Waals surface area contributed by atoms with Crippen LogP contribution in [0.15, 0.2) is 29.4 Å². The van der Waals surface area contributed by atoms with Gasteiger partial charge in [0.2, 0.25) is 0 Å². The first kappa shape index (κ1) is 15.1. The molecule has 1 atom stereocenters. The Morgan fingerprint density at radius 3 is 2.75 bits per heavy atom. The number of benzene rings is 1. The van der Waals surface area contributed by atoms with Crippen molar-refractivity contribution in [2.45, 2.75) is 44.6 Å². The van der Waals surface area contributed by atoms with E-state index in [2.05, 4.69) is 10.5 Å². The fourth-order valence-electron chi connectivity index (χ4n) is 2.73. The van der Waals surface area contributed by atoms with E-state index in [4.69, 9.17) is 16.8 Å². The van der Waals surface area contributed by atoms with Crippen LogP contribution in [-0.4, -0.2) is 22.3 Å². The fraction of sp³-hybridized carbons (Fsp3) is 0.533. The summed E-state index contributed by atoms with van der Waals surface area (Å²) in [4.78, 5) is 0. The summed E-state index contributed by atoms with van der Waals surface area (Å²) in [7, 11) is 0. The monoisotopic (exact) mass is 296 g/mol. The summed E-state index contributed by atoms with van der Waals surface area (Å²) in [6, 6.07) is 7.18. The molecule has 1 aliphatic carbocycles. The molecule has 1 aliphatic rings. The van der Waals surface area contributed by atoms with E-state index in [0.29, 0.717) is 23.2 Å². The Hall–Kier alpha value is -1.26. The van der Waals surface area contributed by atoms with Gasteiger partial charge in [0.05, 0.1) is 6.10 Å². The molecule has 0 aromatic heterocycles. The van der Waals surface area contributed by atoms with Gasteiger partial charge in [-0.2, -0.15) is 0 Å². The summed E-state index contributed by atoms with van der Waals surface area (Å²) in [6.45, 7) is 0. The average Bonchev–Trinajstić information content (AvgIpc) is 2.47. The number of rotatable bonds is 4. The minimum Gasteiger partial charge on any atom is -0.409 e. The normalized spacial score (nSPS) is 18.8. The topological polar surface area (TPSA) is 64.9 Å². The van der Waals surface area contributed by atoms with Crippen molar-refractivity contribution in [3.05, 3.63) is 29.3 Å². The molecule has 0 saturated heterocycles. The number of amidine groups is 1. The van der Waals surface area contributed by atoms with Gasteiger partial charge < -0.3 is 15.6 Å². The van der Waals surface area contributed by atoms with Crippen LogP contribution in [0.2, 0.25) is 5.02 Å². The molecule has 0 radical (unpaired) electrons. The van der Waals surface area contributed by atoms with Gasteiger partial charge >= 0.3 is 0 Å². The summed E-state index contributed by atoms with van der Waals surface area (Å²) < 4.78 is 0. The number of oxime groups is 1. The van der Waals surface area contributed by atoms with Crippen molar-refractivity contribution < 1.29 is 10.3 Å². The van der Waals surface area contributed by atoms with Crippen LogP contribution in [0.3, 0.4) is 0 Å². The molecule has 1 aromatic rings. The summed E-state index contributed by atoms with van der Waals surface area (Å²) in [5.74, 6) is 0.673. The molecule has 1 aromatic carbocycles. The molecule has 3 N–H and O–H groups in total. The van der Waals surface area contributed by atoms with E-state index in [1.165, 1.54) is 19.3 Å². The second kappa shape index (κ2) is 7.50. The largest absolute Gasteiger partial charge is 0.409 e. The van der Waals surface area contributed by atoms with E-state index in [0.717, 1.165) is 18.5 Å². The predicted octanol–water partition coefficient (Wildman–Crippen LogP) is 3.87. The lowest BCUT2D eigenvalue weighted by atomic mass is 9.84. The molecule has 0 heterocycles. The molecule has 5 heteroatoms. The highest BCUT2D eigenvalue weighted by Gasteiger charge is 2.23. The second-order valence-corrected chi connectivity index (χ2v) is 5.79. The zero-order valence-electron chi connectivity index (χ0n) is 11.4. The maximum Gasteiger partial charge on any atom is 0.148 e. The molecule has 1 saturated carbocycles. The number of anilines is 1. The molecule has 0 aliphatic heterocycles. The van der Waals surface area contributed by atoms with E-state index < -0.39 is 6.10 Å². The Kier molecular flexibility index (Phi) is 5.68. The summed E-state index contributed by atoms with van der Waals surface area (Å²) >= 11 is 5.91. The lowest BCUT2D eigenvalue weighted by Gasteiger charge is -2.26. The number of aliphatic hydroxyl groups is 1. The third kappa shape index (κ3) is 4.39. The Bertz CT molecular complexity index is 459. The quantitative estimate of drug-likeness (QED) is 0.342. The minimum atomic E-state index is -0.465. The summed E-state index contributed by atoms with van der Waals surface area (Å²) in [6.07, 6.45) is 5.57. The van der Waals surface area contributed by atoms with Crippen molar-refractivity contribution in [3.8, 4) is 0 Å². The van der Waals surface area contributed by atoms with Crippen LogP contribution in [0.25, 0.3) is 0 Å². The maximum absolute atomic E-state index is 10.3. The molecule has 0 bridgehead atoms. The van der Waals surface area contributed by atoms with E-state index in [1.807, 2.05) is 12.1 Å². The van der Waals surface area contributed by atoms with Gasteiger partial charge in [0.15, 0.2) is 0 Å². The molecule has 20 heavy (non-hydrogen) atoms. The highest BCUT2D eigenvalue weighted by Crippen LogP contribution is 2.28. The zero-order chi connectivity index (χ0) is 14.4. The molecule has 0 amide bonds. The van der Waals surface area contributed by atoms with Crippen LogP contribution >= 0.6 is 11.6 Å². The van der Waals surface area contributed by atoms with Crippen molar-refractivity contribution in [1.82, 2.24) is 0 Å². The number of aliphatic hydroxyl groups excluding tert-OH is 1. The van der Waals surface area contributed by atoms with Crippen molar-refractivity contribution in [3.63, 3.8) is 0 Å². The highest BCUT2D eigenvalue weighted by molar-refractivity contribution is 6.30. The van der Waals surface area contributed by atoms with Gasteiger partial charge in [0.1, 0.15) is 5.84 Å². The van der Waals surface area contributed by atoms with E-state index in [9.17, 15) is 5.11 Å². The van der Waals surface area contributed by atoms with Gasteiger partial charge in [-0.05, 0) is 37.0 Å². The zero-order valence-corrected chi connectivity index (χ0v) is 12.2. The first-order valence-corrected chi connectivity index (χ1v) is 7.48. The molecule has 110 valence electrons. The highest BCUT2D eigenvalue weighted by atomic mass is 35.5. The van der Waals surface area contributed by atoms with E-state index in [-0.39, 0.29) is 0 Å². The Morgan fingerprint density at radius 2 is 2.10 bits per heavy atom. The van der Waals surface area contributed by atoms with Crippen molar-refractivity contribution >= 4 is 23.1 Å². The predicted molar refractivity (Wildman–Crippen MR) is 81.5 cm³/mol. The molecular weight excluding hydrogens is 276 g/mol. The molecule has 2 rings (SSSR count). The lowest BCUT2D eigenvalue weighted by molar-refractivity contribution is 0.0903. The first-order chi connectivity index (χ1) is 9.69. The van der Waals surface area contributed by atoms with E-state index in [1.54, 1.807) is 12.1 Å². The maximum atomic E-state index is 10.3. The molecule has 0 spiro atoms. The lowest BCUT2D eigenvalue weighted by Crippen LogP contribution is -2.28. The number of halogens is 1. The summed E-state index contributed by atoms with van der Waals surface area (Å²) in [5.41, 5.74) is 0.751. The SMILES string of the molecule is ON=C(CC(O)C1CCCCC1)Nc1cccc(Cl)c1. The van der Waals surface area contributed by atoms with Gasteiger partial charge in [-0.15, -0.1) is 0 Å². The van der Waals surface area contributed by atoms with Gasteiger partial charge in [-0.25, -0.2) is 0 Å². The molecule has 1 unspecified atom stereocenters. The number of hydrogen-bond donors (Lipinski definition) is 3. The Balaban J connectivity index is 1.92. The number of hydrogen-bond acceptors (Lipinski definition) is 3. The van der Waals surface area contributed by atoms with Crippen LogP contribution in [0.5, 0.6) is 0 Å². The standard InChI is InChI=1S/C15H21ClN2O2/c16-12-7-4-8-13(9-12)17-15(18-20)10-14(19)11-5-2-1-3-6-11/h4,7-9,11,14,19-20H,1-3,5-6,10H2,(H,17,18). The number of nitrogens with zero attached hydrogens (tertiary/aromatic N) is 1. The van der Waals surface area contributed by atoms with Crippen LogP contribution in [0, 0.1) is 5.92 Å². The van der Waals surface area contributed by atoms with Crippen LogP contribution in [0.4, 0.5) is 5.69 Å². The van der Waals surface area contributed by atoms with Crippen molar-refractivity contribution in [2.75, 3.05) is 5.32 Å². The van der Waals surface area contributed by atoms with Gasteiger partial charge in [-0.3, -0.25) is 0 Å². The Labute approximate surface area is 124 Å². The second-order valence-electron chi connectivity index (χ2n) is 5.35.